The van der Waals surface area contributed by atoms with E-state index in [-0.39, 0.29) is 35.7 Å². The molecular weight excluding hydrogens is 334 g/mol. The highest BCUT2D eigenvalue weighted by Gasteiger charge is 2.47. The molecule has 2 saturated heterocycles. The van der Waals surface area contributed by atoms with Gasteiger partial charge in [0.2, 0.25) is 11.8 Å². The van der Waals surface area contributed by atoms with E-state index in [0.717, 1.165) is 0 Å². The summed E-state index contributed by atoms with van der Waals surface area (Å²) in [7, 11) is 0. The molecule has 3 rings (SSSR count). The summed E-state index contributed by atoms with van der Waals surface area (Å²) in [4.78, 5) is 48.8. The SMILES string of the molecule is CC(=O)NC1CC2CN(C(=O)c3ccncn3)C(CC(C)C)C(=O)N2C1. The maximum atomic E-state index is 13.1. The molecule has 0 radical (unpaired) electrons. The van der Waals surface area contributed by atoms with Gasteiger partial charge in [0.1, 0.15) is 18.1 Å². The van der Waals surface area contributed by atoms with Crippen LogP contribution in [0.4, 0.5) is 0 Å². The largest absolute Gasteiger partial charge is 0.352 e. The van der Waals surface area contributed by atoms with Crippen molar-refractivity contribution < 1.29 is 14.4 Å². The number of amides is 3. The molecule has 2 aliphatic heterocycles. The van der Waals surface area contributed by atoms with Gasteiger partial charge < -0.3 is 15.1 Å². The van der Waals surface area contributed by atoms with E-state index in [1.54, 1.807) is 11.0 Å². The lowest BCUT2D eigenvalue weighted by Crippen LogP contribution is -2.61. The van der Waals surface area contributed by atoms with Crippen LogP contribution in [-0.4, -0.2) is 68.7 Å². The summed E-state index contributed by atoms with van der Waals surface area (Å²) in [5.41, 5.74) is 0.298. The van der Waals surface area contributed by atoms with E-state index in [1.807, 2.05) is 18.7 Å². The van der Waals surface area contributed by atoms with Gasteiger partial charge in [-0.1, -0.05) is 13.8 Å². The first kappa shape index (κ1) is 18.3. The Kier molecular flexibility index (Phi) is 5.20. The van der Waals surface area contributed by atoms with Gasteiger partial charge in [0.15, 0.2) is 0 Å². The van der Waals surface area contributed by atoms with Gasteiger partial charge in [0.25, 0.3) is 5.91 Å². The van der Waals surface area contributed by atoms with Gasteiger partial charge in [0, 0.05) is 32.3 Å². The molecule has 0 saturated carbocycles. The molecule has 0 spiro atoms. The van der Waals surface area contributed by atoms with Crippen LogP contribution in [-0.2, 0) is 9.59 Å². The molecule has 2 fully saturated rings. The van der Waals surface area contributed by atoms with Crippen molar-refractivity contribution in [1.29, 1.82) is 0 Å². The molecule has 8 heteroatoms. The van der Waals surface area contributed by atoms with Gasteiger partial charge in [-0.2, -0.15) is 0 Å². The molecule has 1 N–H and O–H groups in total. The molecule has 140 valence electrons. The van der Waals surface area contributed by atoms with Crippen LogP contribution in [0, 0.1) is 5.92 Å². The van der Waals surface area contributed by atoms with Crippen LogP contribution >= 0.6 is 0 Å². The number of fused-ring (bicyclic) bond motifs is 1. The van der Waals surface area contributed by atoms with Crippen LogP contribution in [0.3, 0.4) is 0 Å². The molecule has 8 nitrogen and oxygen atoms in total. The Bertz CT molecular complexity index is 693. The average Bonchev–Trinajstić information content (AvgIpc) is 2.99. The van der Waals surface area contributed by atoms with E-state index in [2.05, 4.69) is 15.3 Å². The number of aromatic nitrogens is 2. The third kappa shape index (κ3) is 3.68. The summed E-state index contributed by atoms with van der Waals surface area (Å²) < 4.78 is 0. The standard InChI is InChI=1S/C18H25N5O3/c1-11(2)6-16-18(26)22-8-13(21-12(3)24)7-14(22)9-23(16)17(25)15-4-5-19-10-20-15/h4-5,10-11,13-14,16H,6-9H2,1-3H3,(H,21,24). The third-order valence-corrected chi connectivity index (χ3v) is 4.93. The second-order valence-electron chi connectivity index (χ2n) is 7.48. The first-order chi connectivity index (χ1) is 12.4. The predicted octanol–water partition coefficient (Wildman–Crippen LogP) is 0.453. The molecular formula is C18H25N5O3. The molecule has 0 aliphatic carbocycles. The van der Waals surface area contributed by atoms with Crippen LogP contribution < -0.4 is 5.32 Å². The van der Waals surface area contributed by atoms with Crippen LogP contribution in [0.15, 0.2) is 18.6 Å². The zero-order valence-corrected chi connectivity index (χ0v) is 15.4. The third-order valence-electron chi connectivity index (χ3n) is 4.93. The highest BCUT2D eigenvalue weighted by molar-refractivity contribution is 5.97. The van der Waals surface area contributed by atoms with Crippen molar-refractivity contribution in [3.05, 3.63) is 24.3 Å². The number of carbonyl (C=O) groups excluding carboxylic acids is 3. The number of rotatable bonds is 4. The summed E-state index contributed by atoms with van der Waals surface area (Å²) in [6.07, 6.45) is 4.13. The number of nitrogens with zero attached hydrogens (tertiary/aromatic N) is 4. The highest BCUT2D eigenvalue weighted by Crippen LogP contribution is 2.29. The van der Waals surface area contributed by atoms with Gasteiger partial charge in [-0.3, -0.25) is 14.4 Å². The van der Waals surface area contributed by atoms with Crippen LogP contribution in [0.5, 0.6) is 0 Å². The summed E-state index contributed by atoms with van der Waals surface area (Å²) in [6, 6.07) is 0.939. The van der Waals surface area contributed by atoms with E-state index in [9.17, 15) is 14.4 Å². The zero-order chi connectivity index (χ0) is 18.8. The summed E-state index contributed by atoms with van der Waals surface area (Å²) in [5.74, 6) is -0.107. The second-order valence-corrected chi connectivity index (χ2v) is 7.48. The summed E-state index contributed by atoms with van der Waals surface area (Å²) in [5, 5.41) is 2.89. The monoisotopic (exact) mass is 359 g/mol. The first-order valence-corrected chi connectivity index (χ1v) is 9.01. The topological polar surface area (TPSA) is 95.5 Å². The van der Waals surface area contributed by atoms with Crippen LogP contribution in [0.2, 0.25) is 0 Å². The number of nitrogens with one attached hydrogen (secondary N) is 1. The molecule has 26 heavy (non-hydrogen) atoms. The second kappa shape index (κ2) is 7.39. The lowest BCUT2D eigenvalue weighted by molar-refractivity contribution is -0.142. The Labute approximate surface area is 153 Å². The van der Waals surface area contributed by atoms with Crippen molar-refractivity contribution in [2.45, 2.75) is 51.7 Å². The molecule has 0 bridgehead atoms. The van der Waals surface area contributed by atoms with Gasteiger partial charge >= 0.3 is 0 Å². The molecule has 1 aromatic rings. The molecule has 2 aliphatic rings. The minimum absolute atomic E-state index is 0.0368. The number of carbonyl (C=O) groups is 3. The van der Waals surface area contributed by atoms with Crippen molar-refractivity contribution in [2.75, 3.05) is 13.1 Å². The first-order valence-electron chi connectivity index (χ1n) is 9.01. The average molecular weight is 359 g/mol. The highest BCUT2D eigenvalue weighted by atomic mass is 16.2. The Morgan fingerprint density at radius 2 is 2.12 bits per heavy atom. The van der Waals surface area contributed by atoms with Gasteiger partial charge in [-0.15, -0.1) is 0 Å². The fraction of sp³-hybridized carbons (Fsp3) is 0.611. The van der Waals surface area contributed by atoms with Crippen molar-refractivity contribution in [2.24, 2.45) is 5.92 Å². The molecule has 3 heterocycles. The fourth-order valence-corrected chi connectivity index (χ4v) is 3.89. The van der Waals surface area contributed by atoms with Gasteiger partial charge in [-0.25, -0.2) is 9.97 Å². The lowest BCUT2D eigenvalue weighted by Gasteiger charge is -2.43. The number of piperazine rings is 1. The Morgan fingerprint density at radius 1 is 1.35 bits per heavy atom. The Morgan fingerprint density at radius 3 is 2.73 bits per heavy atom. The van der Waals surface area contributed by atoms with Gasteiger partial charge in [0.05, 0.1) is 6.04 Å². The molecule has 3 unspecified atom stereocenters. The molecule has 3 atom stereocenters. The summed E-state index contributed by atoms with van der Waals surface area (Å²) >= 11 is 0. The van der Waals surface area contributed by atoms with E-state index in [1.165, 1.54) is 19.4 Å². The molecule has 3 amide bonds. The van der Waals surface area contributed by atoms with E-state index >= 15 is 0 Å². The van der Waals surface area contributed by atoms with Crippen molar-refractivity contribution in [1.82, 2.24) is 25.1 Å². The van der Waals surface area contributed by atoms with E-state index in [4.69, 9.17) is 0 Å². The minimum Gasteiger partial charge on any atom is -0.352 e. The predicted molar refractivity (Wildman–Crippen MR) is 94.0 cm³/mol. The Balaban J connectivity index is 1.84. The number of hydrogen-bond acceptors (Lipinski definition) is 5. The summed E-state index contributed by atoms with van der Waals surface area (Å²) in [6.45, 7) is 6.52. The zero-order valence-electron chi connectivity index (χ0n) is 15.4. The van der Waals surface area contributed by atoms with E-state index < -0.39 is 6.04 Å². The quantitative estimate of drug-likeness (QED) is 0.842. The maximum absolute atomic E-state index is 13.1. The van der Waals surface area contributed by atoms with Crippen molar-refractivity contribution in [3.8, 4) is 0 Å². The van der Waals surface area contributed by atoms with Crippen LogP contribution in [0.25, 0.3) is 0 Å². The van der Waals surface area contributed by atoms with E-state index in [0.29, 0.717) is 31.6 Å². The molecule has 0 aromatic carbocycles. The van der Waals surface area contributed by atoms with Crippen LogP contribution in [0.1, 0.15) is 44.1 Å². The van der Waals surface area contributed by atoms with Crippen molar-refractivity contribution >= 4 is 17.7 Å². The lowest BCUT2D eigenvalue weighted by atomic mass is 9.96. The van der Waals surface area contributed by atoms with Gasteiger partial charge in [-0.05, 0) is 24.8 Å². The maximum Gasteiger partial charge on any atom is 0.273 e. The van der Waals surface area contributed by atoms with Crippen molar-refractivity contribution in [3.63, 3.8) is 0 Å². The normalized spacial score (nSPS) is 25.4. The fourth-order valence-electron chi connectivity index (χ4n) is 3.89. The smallest absolute Gasteiger partial charge is 0.273 e. The minimum atomic E-state index is -0.496. The molecule has 1 aromatic heterocycles. The Hall–Kier alpha value is -2.51. The number of hydrogen-bond donors (Lipinski definition) is 1.